The molecule has 0 fully saturated rings. The van der Waals surface area contributed by atoms with Gasteiger partial charge in [-0.1, -0.05) is 6.07 Å². The zero-order valence-corrected chi connectivity index (χ0v) is 9.18. The SMILES string of the molecule is CCNC(=O)C(C)Nc1c(F)cccc1F. The van der Waals surface area contributed by atoms with Gasteiger partial charge in [-0.25, -0.2) is 8.78 Å². The summed E-state index contributed by atoms with van der Waals surface area (Å²) < 4.78 is 26.5. The van der Waals surface area contributed by atoms with Crippen molar-refractivity contribution >= 4 is 11.6 Å². The lowest BCUT2D eigenvalue weighted by Crippen LogP contribution is -2.37. The minimum absolute atomic E-state index is 0.277. The molecular formula is C11H14F2N2O. The summed E-state index contributed by atoms with van der Waals surface area (Å²) in [4.78, 5) is 11.4. The third kappa shape index (κ3) is 2.92. The number of nitrogens with one attached hydrogen (secondary N) is 2. The van der Waals surface area contributed by atoms with Crippen molar-refractivity contribution in [3.8, 4) is 0 Å². The van der Waals surface area contributed by atoms with Gasteiger partial charge in [-0.15, -0.1) is 0 Å². The van der Waals surface area contributed by atoms with Gasteiger partial charge in [0.25, 0.3) is 0 Å². The van der Waals surface area contributed by atoms with Crippen molar-refractivity contribution in [2.24, 2.45) is 0 Å². The molecule has 1 amide bonds. The van der Waals surface area contributed by atoms with Crippen LogP contribution in [0.25, 0.3) is 0 Å². The summed E-state index contributed by atoms with van der Waals surface area (Å²) >= 11 is 0. The Morgan fingerprint density at radius 2 is 1.94 bits per heavy atom. The molecule has 0 radical (unpaired) electrons. The van der Waals surface area contributed by atoms with E-state index in [1.54, 1.807) is 6.92 Å². The maximum absolute atomic E-state index is 13.2. The van der Waals surface area contributed by atoms with Gasteiger partial charge in [0.2, 0.25) is 5.91 Å². The van der Waals surface area contributed by atoms with E-state index in [0.29, 0.717) is 6.54 Å². The zero-order chi connectivity index (χ0) is 12.1. The van der Waals surface area contributed by atoms with Gasteiger partial charge in [0.1, 0.15) is 23.4 Å². The number of halogens is 2. The fourth-order valence-corrected chi connectivity index (χ4v) is 1.25. The fourth-order valence-electron chi connectivity index (χ4n) is 1.25. The smallest absolute Gasteiger partial charge is 0.242 e. The summed E-state index contributed by atoms with van der Waals surface area (Å²) in [5, 5.41) is 5.06. The predicted molar refractivity (Wildman–Crippen MR) is 58.1 cm³/mol. The van der Waals surface area contributed by atoms with Gasteiger partial charge >= 0.3 is 0 Å². The monoisotopic (exact) mass is 228 g/mol. The van der Waals surface area contributed by atoms with E-state index in [1.165, 1.54) is 13.0 Å². The summed E-state index contributed by atoms with van der Waals surface area (Å²) in [6, 6.07) is 2.85. The Labute approximate surface area is 92.8 Å². The molecule has 0 saturated heterocycles. The van der Waals surface area contributed by atoms with Crippen LogP contribution in [0.15, 0.2) is 18.2 Å². The van der Waals surface area contributed by atoms with E-state index in [0.717, 1.165) is 12.1 Å². The van der Waals surface area contributed by atoms with E-state index >= 15 is 0 Å². The number of para-hydroxylation sites is 1. The Hall–Kier alpha value is -1.65. The molecule has 1 unspecified atom stereocenters. The number of carbonyl (C=O) groups excluding carboxylic acids is 1. The molecule has 2 N–H and O–H groups in total. The van der Waals surface area contributed by atoms with E-state index in [4.69, 9.17) is 0 Å². The van der Waals surface area contributed by atoms with Gasteiger partial charge in [-0.2, -0.15) is 0 Å². The molecule has 0 aliphatic rings. The molecule has 5 heteroatoms. The normalized spacial score (nSPS) is 12.0. The lowest BCUT2D eigenvalue weighted by molar-refractivity contribution is -0.121. The fraction of sp³-hybridized carbons (Fsp3) is 0.364. The van der Waals surface area contributed by atoms with Crippen LogP contribution in [0.2, 0.25) is 0 Å². The number of likely N-dealkylation sites (N-methyl/N-ethyl adjacent to an activating group) is 1. The molecule has 0 aromatic heterocycles. The van der Waals surface area contributed by atoms with E-state index in [-0.39, 0.29) is 11.6 Å². The molecule has 88 valence electrons. The largest absolute Gasteiger partial charge is 0.369 e. The maximum atomic E-state index is 13.2. The van der Waals surface area contributed by atoms with Gasteiger partial charge < -0.3 is 10.6 Å². The molecule has 0 saturated carbocycles. The summed E-state index contributed by atoms with van der Waals surface area (Å²) in [5.41, 5.74) is -0.277. The first-order valence-corrected chi connectivity index (χ1v) is 5.04. The van der Waals surface area contributed by atoms with Crippen molar-refractivity contribution in [3.63, 3.8) is 0 Å². The summed E-state index contributed by atoms with van der Waals surface area (Å²) in [6.45, 7) is 3.79. The first kappa shape index (κ1) is 12.4. The standard InChI is InChI=1S/C11H14F2N2O/c1-3-14-11(16)7(2)15-10-8(12)5-4-6-9(10)13/h4-7,15H,3H2,1-2H3,(H,14,16). The minimum Gasteiger partial charge on any atom is -0.369 e. The molecule has 0 spiro atoms. The lowest BCUT2D eigenvalue weighted by atomic mass is 10.2. The minimum atomic E-state index is -0.712. The molecule has 1 aromatic rings. The van der Waals surface area contributed by atoms with Crippen LogP contribution in [-0.2, 0) is 4.79 Å². The van der Waals surface area contributed by atoms with Crippen molar-refractivity contribution in [1.82, 2.24) is 5.32 Å². The molecular weight excluding hydrogens is 214 g/mol. The lowest BCUT2D eigenvalue weighted by Gasteiger charge is -2.15. The van der Waals surface area contributed by atoms with Crippen molar-refractivity contribution < 1.29 is 13.6 Å². The first-order chi connectivity index (χ1) is 7.56. The van der Waals surface area contributed by atoms with Gasteiger partial charge in [-0.05, 0) is 26.0 Å². The molecule has 1 atom stereocenters. The van der Waals surface area contributed by atoms with Crippen molar-refractivity contribution in [2.45, 2.75) is 19.9 Å². The number of amides is 1. The maximum Gasteiger partial charge on any atom is 0.242 e. The van der Waals surface area contributed by atoms with Crippen LogP contribution in [0.1, 0.15) is 13.8 Å². The average Bonchev–Trinajstić information content (AvgIpc) is 2.23. The number of anilines is 1. The van der Waals surface area contributed by atoms with Crippen LogP contribution in [-0.4, -0.2) is 18.5 Å². The Bertz CT molecular complexity index is 362. The third-order valence-electron chi connectivity index (χ3n) is 2.07. The average molecular weight is 228 g/mol. The Balaban J connectivity index is 2.76. The zero-order valence-electron chi connectivity index (χ0n) is 9.18. The Morgan fingerprint density at radius 1 is 1.38 bits per heavy atom. The predicted octanol–water partition coefficient (Wildman–Crippen LogP) is 1.90. The Morgan fingerprint density at radius 3 is 2.44 bits per heavy atom. The van der Waals surface area contributed by atoms with Crippen molar-refractivity contribution in [3.05, 3.63) is 29.8 Å². The second-order valence-electron chi connectivity index (χ2n) is 3.36. The van der Waals surface area contributed by atoms with Crippen LogP contribution in [0, 0.1) is 11.6 Å². The molecule has 3 nitrogen and oxygen atoms in total. The molecule has 16 heavy (non-hydrogen) atoms. The first-order valence-electron chi connectivity index (χ1n) is 5.04. The molecule has 1 aromatic carbocycles. The number of benzene rings is 1. The van der Waals surface area contributed by atoms with Crippen LogP contribution >= 0.6 is 0 Å². The van der Waals surface area contributed by atoms with Crippen LogP contribution in [0.4, 0.5) is 14.5 Å². The third-order valence-corrected chi connectivity index (χ3v) is 2.07. The summed E-state index contributed by atoms with van der Waals surface area (Å²) in [7, 11) is 0. The number of hydrogen-bond acceptors (Lipinski definition) is 2. The summed E-state index contributed by atoms with van der Waals surface area (Å²) in [6.07, 6.45) is 0. The second-order valence-corrected chi connectivity index (χ2v) is 3.36. The van der Waals surface area contributed by atoms with Crippen LogP contribution in [0.3, 0.4) is 0 Å². The van der Waals surface area contributed by atoms with E-state index in [9.17, 15) is 13.6 Å². The van der Waals surface area contributed by atoms with Crippen molar-refractivity contribution in [2.75, 3.05) is 11.9 Å². The molecule has 0 heterocycles. The number of rotatable bonds is 4. The van der Waals surface area contributed by atoms with Crippen LogP contribution < -0.4 is 10.6 Å². The van der Waals surface area contributed by atoms with Gasteiger partial charge in [-0.3, -0.25) is 4.79 Å². The van der Waals surface area contributed by atoms with E-state index < -0.39 is 17.7 Å². The van der Waals surface area contributed by atoms with Gasteiger partial charge in [0.05, 0.1) is 0 Å². The molecule has 0 bridgehead atoms. The number of hydrogen-bond donors (Lipinski definition) is 2. The molecule has 0 aliphatic heterocycles. The summed E-state index contributed by atoms with van der Waals surface area (Å²) in [5.74, 6) is -1.72. The highest BCUT2D eigenvalue weighted by molar-refractivity contribution is 5.84. The van der Waals surface area contributed by atoms with Gasteiger partial charge in [0, 0.05) is 6.54 Å². The number of carbonyl (C=O) groups is 1. The highest BCUT2D eigenvalue weighted by atomic mass is 19.1. The van der Waals surface area contributed by atoms with Crippen molar-refractivity contribution in [1.29, 1.82) is 0 Å². The highest BCUT2D eigenvalue weighted by Gasteiger charge is 2.15. The second kappa shape index (κ2) is 5.44. The topological polar surface area (TPSA) is 41.1 Å². The highest BCUT2D eigenvalue weighted by Crippen LogP contribution is 2.18. The quantitative estimate of drug-likeness (QED) is 0.826. The van der Waals surface area contributed by atoms with E-state index in [2.05, 4.69) is 10.6 Å². The van der Waals surface area contributed by atoms with E-state index in [1.807, 2.05) is 0 Å². The molecule has 1 rings (SSSR count). The Kier molecular flexibility index (Phi) is 4.22. The van der Waals surface area contributed by atoms with Gasteiger partial charge in [0.15, 0.2) is 0 Å². The van der Waals surface area contributed by atoms with Crippen LogP contribution in [0.5, 0.6) is 0 Å². The molecule has 0 aliphatic carbocycles.